The smallest absolute Gasteiger partial charge is 0.0218 e. The largest absolute Gasteiger partial charge is 0.312 e. The van der Waals surface area contributed by atoms with E-state index in [-0.39, 0.29) is 0 Å². The highest BCUT2D eigenvalue weighted by Gasteiger charge is 2.25. The normalized spacial score (nSPS) is 32.9. The Labute approximate surface area is 100 Å². The maximum atomic E-state index is 3.69. The van der Waals surface area contributed by atoms with Gasteiger partial charge in [-0.2, -0.15) is 0 Å². The van der Waals surface area contributed by atoms with Crippen LogP contribution in [0, 0.1) is 5.92 Å². The molecule has 0 aromatic heterocycles. The quantitative estimate of drug-likeness (QED) is 0.722. The fourth-order valence-corrected chi connectivity index (χ4v) is 2.87. The Bertz CT molecular complexity index is 235. The van der Waals surface area contributed by atoms with Gasteiger partial charge >= 0.3 is 0 Å². The molecule has 1 fully saturated rings. The third kappa shape index (κ3) is 3.08. The van der Waals surface area contributed by atoms with Crippen LogP contribution < -0.4 is 5.32 Å². The van der Waals surface area contributed by atoms with Crippen molar-refractivity contribution in [2.45, 2.75) is 51.6 Å². The van der Waals surface area contributed by atoms with E-state index in [1.54, 1.807) is 0 Å². The van der Waals surface area contributed by atoms with Crippen LogP contribution in [0.15, 0.2) is 12.2 Å². The van der Waals surface area contributed by atoms with E-state index >= 15 is 0 Å². The van der Waals surface area contributed by atoms with Gasteiger partial charge in [-0.1, -0.05) is 26.0 Å². The predicted octanol–water partition coefficient (Wildman–Crippen LogP) is 2.42. The van der Waals surface area contributed by atoms with Crippen LogP contribution in [-0.4, -0.2) is 36.6 Å². The molecule has 92 valence electrons. The SMILES string of the molecule is CC(C)C1CN(C2CC=CCC2)CCCN1. The molecule has 2 rings (SSSR count). The van der Waals surface area contributed by atoms with Gasteiger partial charge in [0, 0.05) is 18.6 Å². The number of allylic oxidation sites excluding steroid dienone is 1. The van der Waals surface area contributed by atoms with Gasteiger partial charge in [-0.15, -0.1) is 0 Å². The Morgan fingerprint density at radius 3 is 2.88 bits per heavy atom. The second-order valence-corrected chi connectivity index (χ2v) is 5.59. The molecule has 1 saturated heterocycles. The van der Waals surface area contributed by atoms with Gasteiger partial charge in [0.2, 0.25) is 0 Å². The Balaban J connectivity index is 1.94. The molecule has 2 atom stereocenters. The molecule has 1 aliphatic carbocycles. The van der Waals surface area contributed by atoms with Gasteiger partial charge in [0.15, 0.2) is 0 Å². The molecular formula is C14H26N2. The lowest BCUT2D eigenvalue weighted by molar-refractivity contribution is 0.170. The summed E-state index contributed by atoms with van der Waals surface area (Å²) in [6, 6.07) is 1.50. The monoisotopic (exact) mass is 222 g/mol. The Morgan fingerprint density at radius 2 is 2.19 bits per heavy atom. The molecule has 1 aliphatic heterocycles. The van der Waals surface area contributed by atoms with Crippen LogP contribution >= 0.6 is 0 Å². The minimum absolute atomic E-state index is 0.688. The topological polar surface area (TPSA) is 15.3 Å². The first-order valence-electron chi connectivity index (χ1n) is 6.90. The highest BCUT2D eigenvalue weighted by atomic mass is 15.2. The second-order valence-electron chi connectivity index (χ2n) is 5.59. The number of hydrogen-bond acceptors (Lipinski definition) is 2. The minimum atomic E-state index is 0.688. The third-order valence-corrected chi connectivity index (χ3v) is 4.02. The van der Waals surface area contributed by atoms with Crippen LogP contribution in [0.1, 0.15) is 39.5 Å². The summed E-state index contributed by atoms with van der Waals surface area (Å²) in [4.78, 5) is 2.73. The standard InChI is InChI=1S/C14H26N2/c1-12(2)14-11-16(10-6-9-15-14)13-7-4-3-5-8-13/h3-4,12-15H,5-11H2,1-2H3. The average Bonchev–Trinajstić information content (AvgIpc) is 2.56. The zero-order valence-electron chi connectivity index (χ0n) is 10.8. The van der Waals surface area contributed by atoms with Crippen LogP contribution in [0.25, 0.3) is 0 Å². The fourth-order valence-electron chi connectivity index (χ4n) is 2.87. The summed E-state index contributed by atoms with van der Waals surface area (Å²) >= 11 is 0. The molecule has 1 heterocycles. The zero-order valence-corrected chi connectivity index (χ0v) is 10.8. The van der Waals surface area contributed by atoms with Gasteiger partial charge in [-0.3, -0.25) is 4.90 Å². The summed E-state index contributed by atoms with van der Waals surface area (Å²) in [5.41, 5.74) is 0. The minimum Gasteiger partial charge on any atom is -0.312 e. The van der Waals surface area contributed by atoms with Crippen molar-refractivity contribution in [3.05, 3.63) is 12.2 Å². The van der Waals surface area contributed by atoms with E-state index in [0.29, 0.717) is 6.04 Å². The van der Waals surface area contributed by atoms with E-state index in [0.717, 1.165) is 12.0 Å². The van der Waals surface area contributed by atoms with E-state index in [9.17, 15) is 0 Å². The molecule has 0 aromatic rings. The summed E-state index contributed by atoms with van der Waals surface area (Å²) in [7, 11) is 0. The van der Waals surface area contributed by atoms with E-state index in [1.165, 1.54) is 45.3 Å². The number of hydrogen-bond donors (Lipinski definition) is 1. The molecule has 0 saturated carbocycles. The maximum absolute atomic E-state index is 3.69. The van der Waals surface area contributed by atoms with Crippen LogP contribution in [0.5, 0.6) is 0 Å². The van der Waals surface area contributed by atoms with Crippen molar-refractivity contribution in [2.75, 3.05) is 19.6 Å². The molecule has 0 bridgehead atoms. The van der Waals surface area contributed by atoms with Crippen LogP contribution in [0.4, 0.5) is 0 Å². The summed E-state index contributed by atoms with van der Waals surface area (Å²) in [6.07, 6.45) is 9.93. The maximum Gasteiger partial charge on any atom is 0.0218 e. The fraction of sp³-hybridized carbons (Fsp3) is 0.857. The van der Waals surface area contributed by atoms with E-state index < -0.39 is 0 Å². The van der Waals surface area contributed by atoms with Crippen LogP contribution in [-0.2, 0) is 0 Å². The van der Waals surface area contributed by atoms with Crippen molar-refractivity contribution in [3.8, 4) is 0 Å². The summed E-state index contributed by atoms with van der Waals surface area (Å²) in [5, 5.41) is 3.69. The molecule has 0 radical (unpaired) electrons. The van der Waals surface area contributed by atoms with Gasteiger partial charge in [0.1, 0.15) is 0 Å². The zero-order chi connectivity index (χ0) is 11.4. The number of nitrogens with zero attached hydrogens (tertiary/aromatic N) is 1. The highest BCUT2D eigenvalue weighted by Crippen LogP contribution is 2.20. The summed E-state index contributed by atoms with van der Waals surface area (Å²) < 4.78 is 0. The first kappa shape index (κ1) is 12.1. The Morgan fingerprint density at radius 1 is 1.31 bits per heavy atom. The summed E-state index contributed by atoms with van der Waals surface area (Å²) in [6.45, 7) is 8.40. The molecule has 0 aromatic carbocycles. The molecular weight excluding hydrogens is 196 g/mol. The van der Waals surface area contributed by atoms with Crippen molar-refractivity contribution in [1.82, 2.24) is 10.2 Å². The van der Waals surface area contributed by atoms with Gasteiger partial charge in [0.05, 0.1) is 0 Å². The van der Waals surface area contributed by atoms with E-state index in [1.807, 2.05) is 0 Å². The van der Waals surface area contributed by atoms with E-state index in [4.69, 9.17) is 0 Å². The van der Waals surface area contributed by atoms with Gasteiger partial charge in [-0.25, -0.2) is 0 Å². The lowest BCUT2D eigenvalue weighted by Crippen LogP contribution is -2.45. The first-order chi connectivity index (χ1) is 7.77. The highest BCUT2D eigenvalue weighted by molar-refractivity contribution is 4.95. The molecule has 16 heavy (non-hydrogen) atoms. The lowest BCUT2D eigenvalue weighted by Gasteiger charge is -2.34. The van der Waals surface area contributed by atoms with Crippen LogP contribution in [0.2, 0.25) is 0 Å². The lowest BCUT2D eigenvalue weighted by atomic mass is 9.98. The second kappa shape index (κ2) is 5.83. The van der Waals surface area contributed by atoms with E-state index in [2.05, 4.69) is 36.2 Å². The van der Waals surface area contributed by atoms with Crippen molar-refractivity contribution in [2.24, 2.45) is 5.92 Å². The molecule has 2 unspecified atom stereocenters. The molecule has 1 N–H and O–H groups in total. The van der Waals surface area contributed by atoms with Crippen molar-refractivity contribution >= 4 is 0 Å². The predicted molar refractivity (Wildman–Crippen MR) is 69.6 cm³/mol. The summed E-state index contributed by atoms with van der Waals surface area (Å²) in [5.74, 6) is 0.750. The molecule has 2 heteroatoms. The van der Waals surface area contributed by atoms with Crippen molar-refractivity contribution < 1.29 is 0 Å². The van der Waals surface area contributed by atoms with Crippen molar-refractivity contribution in [3.63, 3.8) is 0 Å². The number of nitrogens with one attached hydrogen (secondary N) is 1. The average molecular weight is 222 g/mol. The first-order valence-corrected chi connectivity index (χ1v) is 6.90. The van der Waals surface area contributed by atoms with Crippen LogP contribution in [0.3, 0.4) is 0 Å². The third-order valence-electron chi connectivity index (χ3n) is 4.02. The molecule has 0 amide bonds. The van der Waals surface area contributed by atoms with Crippen molar-refractivity contribution in [1.29, 1.82) is 0 Å². The van der Waals surface area contributed by atoms with Gasteiger partial charge in [0.25, 0.3) is 0 Å². The Hall–Kier alpha value is -0.340. The molecule has 2 nitrogen and oxygen atoms in total. The van der Waals surface area contributed by atoms with Gasteiger partial charge in [-0.05, 0) is 44.7 Å². The number of rotatable bonds is 2. The molecule has 2 aliphatic rings. The van der Waals surface area contributed by atoms with Gasteiger partial charge < -0.3 is 5.32 Å². The molecule has 0 spiro atoms. The Kier molecular flexibility index (Phi) is 4.42.